The third kappa shape index (κ3) is 4.03. The van der Waals surface area contributed by atoms with Crippen molar-refractivity contribution >= 4 is 44.1 Å². The molecule has 0 aliphatic carbocycles. The summed E-state index contributed by atoms with van der Waals surface area (Å²) in [6, 6.07) is 33.0. The highest BCUT2D eigenvalue weighted by atomic mass is 16.3. The number of pyridine rings is 2. The zero-order valence-electron chi connectivity index (χ0n) is 25.4. The summed E-state index contributed by atoms with van der Waals surface area (Å²) in [5.41, 5.74) is 12.8. The van der Waals surface area contributed by atoms with E-state index in [1.54, 1.807) is 18.7 Å². The number of nitrogens with zero attached hydrogens (tertiary/aromatic N) is 6. The standard InChI is InChI=1S/C40H24N6O2/c1-3-7-33(45-19-17-41-23-45)27(5-1)25-9-11-35-31(21-25)37-39(47-35)28(13-15-43-37)26-10-12-36-32(22-26)38-40(48-36)30(14-16-44-38)29-6-2-4-8-34(29)46-20-18-42-24-46/h1-24H. The summed E-state index contributed by atoms with van der Waals surface area (Å²) in [5.74, 6) is 0. The van der Waals surface area contributed by atoms with Crippen molar-refractivity contribution in [3.63, 3.8) is 0 Å². The number of aromatic nitrogens is 6. The number of benzene rings is 4. The fourth-order valence-electron chi connectivity index (χ4n) is 6.76. The Morgan fingerprint density at radius 3 is 1.58 bits per heavy atom. The van der Waals surface area contributed by atoms with Gasteiger partial charge in [-0.25, -0.2) is 9.97 Å². The minimum Gasteiger partial charge on any atom is -0.454 e. The summed E-state index contributed by atoms with van der Waals surface area (Å²) in [7, 11) is 0. The van der Waals surface area contributed by atoms with Gasteiger partial charge in [-0.2, -0.15) is 0 Å². The molecule has 6 heterocycles. The molecule has 226 valence electrons. The van der Waals surface area contributed by atoms with Gasteiger partial charge < -0.3 is 18.0 Å². The molecule has 0 saturated carbocycles. The molecule has 8 heteroatoms. The third-order valence-corrected chi connectivity index (χ3v) is 8.99. The Morgan fingerprint density at radius 1 is 0.458 bits per heavy atom. The van der Waals surface area contributed by atoms with E-state index in [4.69, 9.17) is 18.8 Å². The molecule has 0 N–H and O–H groups in total. The summed E-state index contributed by atoms with van der Waals surface area (Å²) >= 11 is 0. The normalized spacial score (nSPS) is 11.8. The number of hydrogen-bond acceptors (Lipinski definition) is 6. The SMILES string of the molecule is c1ccc(-n2ccnc2)c(-c2ccc3oc4c(-c5ccc6oc7c(-c8ccccc8-n8ccnc8)ccnc7c6c5)ccnc4c3c2)c1. The van der Waals surface area contributed by atoms with Crippen molar-refractivity contribution in [1.29, 1.82) is 0 Å². The lowest BCUT2D eigenvalue weighted by atomic mass is 10.0. The lowest BCUT2D eigenvalue weighted by Gasteiger charge is -2.10. The topological polar surface area (TPSA) is 87.7 Å². The second kappa shape index (κ2) is 10.4. The Hall–Kier alpha value is -6.80. The van der Waals surface area contributed by atoms with Gasteiger partial charge in [0.15, 0.2) is 11.2 Å². The van der Waals surface area contributed by atoms with Gasteiger partial charge in [0.1, 0.15) is 22.2 Å². The molecule has 0 saturated heterocycles. The van der Waals surface area contributed by atoms with Crippen LogP contribution in [-0.4, -0.2) is 29.1 Å². The van der Waals surface area contributed by atoms with Crippen molar-refractivity contribution in [2.45, 2.75) is 0 Å². The first-order valence-electron chi connectivity index (χ1n) is 15.6. The number of furan rings is 2. The van der Waals surface area contributed by atoms with Crippen LogP contribution in [0.15, 0.2) is 156 Å². The minimum atomic E-state index is 0.739. The number of hydrogen-bond donors (Lipinski definition) is 0. The van der Waals surface area contributed by atoms with E-state index in [1.807, 2.05) is 82.7 Å². The molecule has 0 aliphatic rings. The zero-order chi connectivity index (χ0) is 31.6. The quantitative estimate of drug-likeness (QED) is 0.190. The van der Waals surface area contributed by atoms with Gasteiger partial charge in [0.05, 0.1) is 24.0 Å². The van der Waals surface area contributed by atoms with Gasteiger partial charge >= 0.3 is 0 Å². The Kier molecular flexibility index (Phi) is 5.71. The van der Waals surface area contributed by atoms with Crippen LogP contribution in [0.5, 0.6) is 0 Å². The van der Waals surface area contributed by atoms with Crippen LogP contribution in [0, 0.1) is 0 Å². The van der Waals surface area contributed by atoms with Crippen LogP contribution in [0.3, 0.4) is 0 Å². The predicted molar refractivity (Wildman–Crippen MR) is 187 cm³/mol. The molecule has 0 amide bonds. The van der Waals surface area contributed by atoms with E-state index in [0.29, 0.717) is 0 Å². The summed E-state index contributed by atoms with van der Waals surface area (Å²) in [5, 5.41) is 1.89. The molecule has 0 bridgehead atoms. The molecule has 0 unspecified atom stereocenters. The van der Waals surface area contributed by atoms with E-state index in [2.05, 4.69) is 64.6 Å². The molecule has 10 rings (SSSR count). The fraction of sp³-hybridized carbons (Fsp3) is 0. The average Bonchev–Trinajstić information content (AvgIpc) is 3.97. The van der Waals surface area contributed by atoms with Gasteiger partial charge in [0.2, 0.25) is 0 Å². The van der Waals surface area contributed by atoms with Crippen molar-refractivity contribution in [3.05, 3.63) is 147 Å². The highest BCUT2D eigenvalue weighted by Crippen LogP contribution is 2.41. The van der Waals surface area contributed by atoms with Crippen molar-refractivity contribution < 1.29 is 8.83 Å². The van der Waals surface area contributed by atoms with E-state index in [9.17, 15) is 0 Å². The molecule has 8 nitrogen and oxygen atoms in total. The van der Waals surface area contributed by atoms with E-state index >= 15 is 0 Å². The smallest absolute Gasteiger partial charge is 0.161 e. The van der Waals surface area contributed by atoms with Crippen LogP contribution in [0.2, 0.25) is 0 Å². The summed E-state index contributed by atoms with van der Waals surface area (Å²) in [6.45, 7) is 0. The largest absolute Gasteiger partial charge is 0.454 e. The van der Waals surface area contributed by atoms with Crippen LogP contribution in [0.4, 0.5) is 0 Å². The average molecular weight is 621 g/mol. The molecule has 0 radical (unpaired) electrons. The maximum Gasteiger partial charge on any atom is 0.161 e. The van der Waals surface area contributed by atoms with Gasteiger partial charge in [-0.15, -0.1) is 0 Å². The summed E-state index contributed by atoms with van der Waals surface area (Å²) < 4.78 is 17.0. The Balaban J connectivity index is 1.11. The molecular weight excluding hydrogens is 596 g/mol. The molecule has 10 aromatic rings. The molecule has 6 aromatic heterocycles. The number of rotatable bonds is 5. The van der Waals surface area contributed by atoms with E-state index in [1.165, 1.54) is 0 Å². The molecule has 48 heavy (non-hydrogen) atoms. The van der Waals surface area contributed by atoms with Crippen LogP contribution in [-0.2, 0) is 0 Å². The predicted octanol–water partition coefficient (Wildman–Crippen LogP) is 9.65. The monoisotopic (exact) mass is 620 g/mol. The highest BCUT2D eigenvalue weighted by Gasteiger charge is 2.19. The van der Waals surface area contributed by atoms with Gasteiger partial charge in [-0.3, -0.25) is 9.97 Å². The van der Waals surface area contributed by atoms with Crippen molar-refractivity contribution in [2.24, 2.45) is 0 Å². The van der Waals surface area contributed by atoms with E-state index in [0.717, 1.165) is 88.9 Å². The van der Waals surface area contributed by atoms with Gasteiger partial charge in [0, 0.05) is 70.2 Å². The number of imidazole rings is 2. The van der Waals surface area contributed by atoms with E-state index in [-0.39, 0.29) is 0 Å². The molecule has 4 aromatic carbocycles. The van der Waals surface area contributed by atoms with Crippen LogP contribution < -0.4 is 0 Å². The van der Waals surface area contributed by atoms with Gasteiger partial charge in [0.25, 0.3) is 0 Å². The molecule has 0 fully saturated rings. The van der Waals surface area contributed by atoms with Crippen molar-refractivity contribution in [2.75, 3.05) is 0 Å². The second-order valence-corrected chi connectivity index (χ2v) is 11.7. The zero-order valence-corrected chi connectivity index (χ0v) is 25.4. The van der Waals surface area contributed by atoms with Crippen LogP contribution >= 0.6 is 0 Å². The Morgan fingerprint density at radius 2 is 0.979 bits per heavy atom. The lowest BCUT2D eigenvalue weighted by molar-refractivity contribution is 0.668. The lowest BCUT2D eigenvalue weighted by Crippen LogP contribution is -1.94. The second-order valence-electron chi connectivity index (χ2n) is 11.7. The first-order chi connectivity index (χ1) is 23.8. The van der Waals surface area contributed by atoms with Crippen LogP contribution in [0.25, 0.3) is 88.9 Å². The number of para-hydroxylation sites is 2. The molecular formula is C40H24N6O2. The first kappa shape index (κ1) is 26.4. The first-order valence-corrected chi connectivity index (χ1v) is 15.6. The summed E-state index contributed by atoms with van der Waals surface area (Å²) in [4.78, 5) is 18.1. The molecule has 0 atom stereocenters. The van der Waals surface area contributed by atoms with Crippen LogP contribution in [0.1, 0.15) is 0 Å². The van der Waals surface area contributed by atoms with Gasteiger partial charge in [-0.05, 0) is 59.7 Å². The highest BCUT2D eigenvalue weighted by molar-refractivity contribution is 6.11. The minimum absolute atomic E-state index is 0.739. The fourth-order valence-corrected chi connectivity index (χ4v) is 6.76. The number of fused-ring (bicyclic) bond motifs is 6. The van der Waals surface area contributed by atoms with Crippen molar-refractivity contribution in [1.82, 2.24) is 29.1 Å². The molecule has 0 spiro atoms. The maximum absolute atomic E-state index is 6.51. The van der Waals surface area contributed by atoms with E-state index < -0.39 is 0 Å². The maximum atomic E-state index is 6.51. The Labute approximate surface area is 273 Å². The van der Waals surface area contributed by atoms with Crippen molar-refractivity contribution in [3.8, 4) is 44.8 Å². The Bertz CT molecular complexity index is 2790. The van der Waals surface area contributed by atoms with Gasteiger partial charge in [-0.1, -0.05) is 48.5 Å². The third-order valence-electron chi connectivity index (χ3n) is 8.99. The summed E-state index contributed by atoms with van der Waals surface area (Å²) in [6.07, 6.45) is 14.8. The molecule has 0 aliphatic heterocycles.